The van der Waals surface area contributed by atoms with Crippen molar-refractivity contribution >= 4 is 17.9 Å². The van der Waals surface area contributed by atoms with Crippen LogP contribution in [0.25, 0.3) is 0 Å². The third kappa shape index (κ3) is 4.47. The van der Waals surface area contributed by atoms with E-state index < -0.39 is 12.0 Å². The van der Waals surface area contributed by atoms with Crippen LogP contribution in [0, 0.1) is 5.92 Å². The first-order valence-electron chi connectivity index (χ1n) is 7.08. The topological polar surface area (TPSA) is 102 Å². The highest BCUT2D eigenvalue weighted by Gasteiger charge is 2.31. The lowest BCUT2D eigenvalue weighted by Gasteiger charge is -2.16. The molecule has 0 saturated carbocycles. The molecule has 118 valence electrons. The van der Waals surface area contributed by atoms with Gasteiger partial charge in [0.15, 0.2) is 0 Å². The Labute approximate surface area is 128 Å². The van der Waals surface area contributed by atoms with E-state index in [0.717, 1.165) is 5.56 Å². The van der Waals surface area contributed by atoms with Crippen LogP contribution in [0.3, 0.4) is 0 Å². The van der Waals surface area contributed by atoms with Gasteiger partial charge < -0.3 is 20.7 Å². The molecule has 1 fully saturated rings. The molecular weight excluding hydrogens is 286 g/mol. The molecule has 0 unspecified atom stereocenters. The van der Waals surface area contributed by atoms with Crippen LogP contribution in [-0.2, 0) is 20.9 Å². The van der Waals surface area contributed by atoms with Gasteiger partial charge in [-0.3, -0.25) is 9.59 Å². The first kappa shape index (κ1) is 15.8. The summed E-state index contributed by atoms with van der Waals surface area (Å²) in [5, 5.41) is 2.45. The Kier molecular flexibility index (Phi) is 5.35. The summed E-state index contributed by atoms with van der Waals surface area (Å²) in [6.45, 7) is 0.767. The van der Waals surface area contributed by atoms with Gasteiger partial charge in [0.05, 0.1) is 12.5 Å². The molecule has 1 atom stereocenters. The van der Waals surface area contributed by atoms with Crippen LogP contribution < -0.4 is 11.1 Å². The van der Waals surface area contributed by atoms with Crippen LogP contribution in [0.1, 0.15) is 12.0 Å². The Balaban J connectivity index is 1.76. The van der Waals surface area contributed by atoms with E-state index in [1.807, 2.05) is 30.3 Å². The van der Waals surface area contributed by atoms with Crippen LogP contribution >= 0.6 is 0 Å². The van der Waals surface area contributed by atoms with Crippen molar-refractivity contribution in [2.75, 3.05) is 19.6 Å². The maximum atomic E-state index is 12.0. The molecule has 1 saturated heterocycles. The number of amides is 3. The molecule has 3 amide bonds. The summed E-state index contributed by atoms with van der Waals surface area (Å²) in [4.78, 5) is 35.9. The zero-order valence-electron chi connectivity index (χ0n) is 12.2. The largest absolute Gasteiger partial charge is 0.445 e. The van der Waals surface area contributed by atoms with Gasteiger partial charge in [-0.1, -0.05) is 30.3 Å². The van der Waals surface area contributed by atoms with E-state index in [1.54, 1.807) is 0 Å². The molecule has 1 heterocycles. The Hall–Kier alpha value is -2.57. The van der Waals surface area contributed by atoms with Gasteiger partial charge in [0, 0.05) is 13.1 Å². The molecule has 0 bridgehead atoms. The van der Waals surface area contributed by atoms with Crippen LogP contribution in [0.2, 0.25) is 0 Å². The lowest BCUT2D eigenvalue weighted by molar-refractivity contribution is -0.127. The van der Waals surface area contributed by atoms with Crippen molar-refractivity contribution in [2.24, 2.45) is 11.7 Å². The Morgan fingerprint density at radius 1 is 1.27 bits per heavy atom. The second-order valence-corrected chi connectivity index (χ2v) is 5.16. The number of benzene rings is 1. The molecule has 1 aliphatic heterocycles. The quantitative estimate of drug-likeness (QED) is 0.814. The smallest absolute Gasteiger partial charge is 0.410 e. The molecule has 0 aliphatic carbocycles. The van der Waals surface area contributed by atoms with Crippen molar-refractivity contribution in [1.29, 1.82) is 0 Å². The zero-order chi connectivity index (χ0) is 15.9. The first-order chi connectivity index (χ1) is 10.6. The highest BCUT2D eigenvalue weighted by Crippen LogP contribution is 2.17. The Morgan fingerprint density at radius 3 is 2.68 bits per heavy atom. The van der Waals surface area contributed by atoms with Gasteiger partial charge in [-0.05, 0) is 12.0 Å². The van der Waals surface area contributed by atoms with Crippen molar-refractivity contribution in [3.05, 3.63) is 35.9 Å². The fourth-order valence-corrected chi connectivity index (χ4v) is 2.27. The predicted octanol–water partition coefficient (Wildman–Crippen LogP) is 0.247. The number of nitrogens with zero attached hydrogens (tertiary/aromatic N) is 1. The minimum atomic E-state index is -0.592. The van der Waals surface area contributed by atoms with E-state index in [4.69, 9.17) is 10.5 Å². The molecule has 3 N–H and O–H groups in total. The molecule has 7 nitrogen and oxygen atoms in total. The summed E-state index contributed by atoms with van der Waals surface area (Å²) in [7, 11) is 0. The molecule has 0 radical (unpaired) electrons. The second-order valence-electron chi connectivity index (χ2n) is 5.16. The van der Waals surface area contributed by atoms with Crippen LogP contribution in [0.5, 0.6) is 0 Å². The number of hydrogen-bond donors (Lipinski definition) is 2. The lowest BCUT2D eigenvalue weighted by atomic mass is 10.1. The number of primary amides is 1. The molecule has 22 heavy (non-hydrogen) atoms. The average Bonchev–Trinajstić information content (AvgIpc) is 3.01. The molecule has 0 spiro atoms. The standard InChI is InChI=1S/C15H19N3O4/c16-13(19)8-17-14(20)12-6-7-18(9-12)15(21)22-10-11-4-2-1-3-5-11/h1-5,12H,6-10H2,(H2,16,19)(H,17,20)/t12-/m0/s1. The normalized spacial score (nSPS) is 17.1. The summed E-state index contributed by atoms with van der Waals surface area (Å²) in [6.07, 6.45) is 0.111. The summed E-state index contributed by atoms with van der Waals surface area (Å²) >= 11 is 0. The van der Waals surface area contributed by atoms with E-state index in [-0.39, 0.29) is 31.5 Å². The van der Waals surface area contributed by atoms with Gasteiger partial charge >= 0.3 is 6.09 Å². The highest BCUT2D eigenvalue weighted by molar-refractivity contribution is 5.85. The van der Waals surface area contributed by atoms with Crippen LogP contribution in [0.4, 0.5) is 4.79 Å². The molecular formula is C15H19N3O4. The zero-order valence-corrected chi connectivity index (χ0v) is 12.2. The van der Waals surface area contributed by atoms with E-state index in [1.165, 1.54) is 4.90 Å². The third-order valence-electron chi connectivity index (χ3n) is 3.46. The van der Waals surface area contributed by atoms with Gasteiger partial charge in [0.2, 0.25) is 11.8 Å². The summed E-state index contributed by atoms with van der Waals surface area (Å²) in [6, 6.07) is 9.38. The van der Waals surface area contributed by atoms with Crippen LogP contribution in [-0.4, -0.2) is 42.4 Å². The van der Waals surface area contributed by atoms with Crippen molar-refractivity contribution in [3.8, 4) is 0 Å². The van der Waals surface area contributed by atoms with E-state index >= 15 is 0 Å². The van der Waals surface area contributed by atoms with Crippen LogP contribution in [0.15, 0.2) is 30.3 Å². The van der Waals surface area contributed by atoms with E-state index in [2.05, 4.69) is 5.32 Å². The first-order valence-corrected chi connectivity index (χ1v) is 7.08. The van der Waals surface area contributed by atoms with Gasteiger partial charge in [0.1, 0.15) is 6.61 Å². The second kappa shape index (κ2) is 7.44. The lowest BCUT2D eigenvalue weighted by Crippen LogP contribution is -2.38. The Morgan fingerprint density at radius 2 is 2.00 bits per heavy atom. The van der Waals surface area contributed by atoms with Gasteiger partial charge in [0.25, 0.3) is 0 Å². The van der Waals surface area contributed by atoms with Crippen molar-refractivity contribution in [2.45, 2.75) is 13.0 Å². The number of hydrogen-bond acceptors (Lipinski definition) is 4. The summed E-state index contributed by atoms with van der Waals surface area (Å²) in [5.41, 5.74) is 5.88. The average molecular weight is 305 g/mol. The third-order valence-corrected chi connectivity index (χ3v) is 3.46. The SMILES string of the molecule is NC(=O)CNC(=O)[C@H]1CCN(C(=O)OCc2ccccc2)C1. The summed E-state index contributed by atoms with van der Waals surface area (Å²) in [5.74, 6) is -1.19. The van der Waals surface area contributed by atoms with E-state index in [0.29, 0.717) is 13.0 Å². The van der Waals surface area contributed by atoms with Gasteiger partial charge in [-0.2, -0.15) is 0 Å². The number of carbonyl (C=O) groups excluding carboxylic acids is 3. The molecule has 1 aromatic rings. The number of ether oxygens (including phenoxy) is 1. The molecule has 7 heteroatoms. The minimum Gasteiger partial charge on any atom is -0.445 e. The number of carbonyl (C=O) groups is 3. The Bertz CT molecular complexity index is 547. The maximum Gasteiger partial charge on any atom is 0.410 e. The molecule has 2 rings (SSSR count). The van der Waals surface area contributed by atoms with Gasteiger partial charge in [-0.25, -0.2) is 4.79 Å². The number of nitrogens with one attached hydrogen (secondary N) is 1. The van der Waals surface area contributed by atoms with Crippen molar-refractivity contribution < 1.29 is 19.1 Å². The van der Waals surface area contributed by atoms with Crippen molar-refractivity contribution in [3.63, 3.8) is 0 Å². The molecule has 1 aliphatic rings. The van der Waals surface area contributed by atoms with Crippen molar-refractivity contribution in [1.82, 2.24) is 10.2 Å². The highest BCUT2D eigenvalue weighted by atomic mass is 16.6. The fraction of sp³-hybridized carbons (Fsp3) is 0.400. The molecule has 1 aromatic carbocycles. The predicted molar refractivity (Wildman–Crippen MR) is 78.5 cm³/mol. The minimum absolute atomic E-state index is 0.187. The summed E-state index contributed by atoms with van der Waals surface area (Å²) < 4.78 is 5.22. The monoisotopic (exact) mass is 305 g/mol. The van der Waals surface area contributed by atoms with Gasteiger partial charge in [-0.15, -0.1) is 0 Å². The number of likely N-dealkylation sites (tertiary alicyclic amines) is 1. The fourth-order valence-electron chi connectivity index (χ4n) is 2.27. The maximum absolute atomic E-state index is 12.0. The molecule has 0 aromatic heterocycles. The number of nitrogens with two attached hydrogens (primary N) is 1. The number of rotatable bonds is 5. The van der Waals surface area contributed by atoms with E-state index in [9.17, 15) is 14.4 Å².